The number of aromatic nitrogens is 4. The normalized spacial score (nSPS) is 27.7. The van der Waals surface area contributed by atoms with Crippen molar-refractivity contribution >= 4 is 17.0 Å². The number of methoxy groups -OCH3 is 1. The summed E-state index contributed by atoms with van der Waals surface area (Å²) >= 11 is 0. The number of anilines is 1. The zero-order valence-electron chi connectivity index (χ0n) is 13.8. The van der Waals surface area contributed by atoms with Crippen LogP contribution in [0.4, 0.5) is 5.82 Å². The summed E-state index contributed by atoms with van der Waals surface area (Å²) < 4.78 is 5.27. The first-order valence-electron chi connectivity index (χ1n) is 8.39. The predicted molar refractivity (Wildman–Crippen MR) is 88.5 cm³/mol. The van der Waals surface area contributed by atoms with Gasteiger partial charge in [0, 0.05) is 38.8 Å². The van der Waals surface area contributed by atoms with E-state index in [1.54, 1.807) is 19.8 Å². The number of H-pyrrole nitrogens is 1. The van der Waals surface area contributed by atoms with Crippen LogP contribution in [0, 0.1) is 0 Å². The third-order valence-corrected chi connectivity index (χ3v) is 5.50. The van der Waals surface area contributed by atoms with E-state index in [4.69, 9.17) is 4.74 Å². The Morgan fingerprint density at radius 3 is 2.78 bits per heavy atom. The fraction of sp³-hybridized carbons (Fsp3) is 0.688. The van der Waals surface area contributed by atoms with Gasteiger partial charge in [-0.1, -0.05) is 0 Å². The summed E-state index contributed by atoms with van der Waals surface area (Å²) in [4.78, 5) is 21.1. The van der Waals surface area contributed by atoms with Gasteiger partial charge in [-0.2, -0.15) is 0 Å². The summed E-state index contributed by atoms with van der Waals surface area (Å²) in [7, 11) is 3.94. The molecule has 4 heterocycles. The number of nitrogens with zero attached hydrogens (tertiary/aromatic N) is 5. The van der Waals surface area contributed by atoms with Crippen molar-refractivity contribution in [3.8, 4) is 0 Å². The molecule has 2 unspecified atom stereocenters. The van der Waals surface area contributed by atoms with Crippen molar-refractivity contribution in [3.63, 3.8) is 0 Å². The number of nitrogens with one attached hydrogen (secondary N) is 1. The van der Waals surface area contributed by atoms with Crippen LogP contribution in [0.15, 0.2) is 12.7 Å². The molecule has 23 heavy (non-hydrogen) atoms. The van der Waals surface area contributed by atoms with Crippen molar-refractivity contribution in [2.45, 2.75) is 43.8 Å². The second-order valence-corrected chi connectivity index (χ2v) is 6.65. The van der Waals surface area contributed by atoms with E-state index in [0.717, 1.165) is 30.1 Å². The monoisotopic (exact) mass is 316 g/mol. The average Bonchev–Trinajstić information content (AvgIpc) is 3.13. The fourth-order valence-corrected chi connectivity index (χ4v) is 4.32. The van der Waals surface area contributed by atoms with Crippen LogP contribution < -0.4 is 4.90 Å². The van der Waals surface area contributed by atoms with Gasteiger partial charge >= 0.3 is 0 Å². The topological polar surface area (TPSA) is 70.2 Å². The second kappa shape index (κ2) is 6.05. The van der Waals surface area contributed by atoms with Gasteiger partial charge in [-0.25, -0.2) is 15.0 Å². The van der Waals surface area contributed by atoms with E-state index in [1.807, 2.05) is 0 Å². The first-order valence-corrected chi connectivity index (χ1v) is 8.39. The Bertz CT molecular complexity index is 659. The Labute approximate surface area is 136 Å². The Hall–Kier alpha value is -1.73. The van der Waals surface area contributed by atoms with E-state index in [9.17, 15) is 0 Å². The lowest BCUT2D eigenvalue weighted by molar-refractivity contribution is 0.0831. The quantitative estimate of drug-likeness (QED) is 0.900. The summed E-state index contributed by atoms with van der Waals surface area (Å²) in [5.41, 5.74) is 1.67. The number of hydrogen-bond acceptors (Lipinski definition) is 6. The fourth-order valence-electron chi connectivity index (χ4n) is 4.32. The number of aromatic amines is 1. The van der Waals surface area contributed by atoms with E-state index >= 15 is 0 Å². The van der Waals surface area contributed by atoms with Crippen LogP contribution in [0.5, 0.6) is 0 Å². The molecule has 124 valence electrons. The molecule has 2 aromatic rings. The van der Waals surface area contributed by atoms with Crippen molar-refractivity contribution in [1.29, 1.82) is 0 Å². The molecule has 2 aromatic heterocycles. The number of piperidine rings is 1. The molecular weight excluding hydrogens is 292 g/mol. The Morgan fingerprint density at radius 1 is 1.26 bits per heavy atom. The molecule has 1 N–H and O–H groups in total. The third kappa shape index (κ3) is 2.57. The first kappa shape index (κ1) is 14.8. The van der Waals surface area contributed by atoms with Gasteiger partial charge in [-0.3, -0.25) is 4.90 Å². The molecule has 2 bridgehead atoms. The minimum Gasteiger partial charge on any atom is -0.383 e. The van der Waals surface area contributed by atoms with Crippen molar-refractivity contribution in [2.24, 2.45) is 0 Å². The highest BCUT2D eigenvalue weighted by atomic mass is 16.5. The van der Waals surface area contributed by atoms with E-state index in [1.165, 1.54) is 25.7 Å². The molecule has 4 rings (SSSR count). The van der Waals surface area contributed by atoms with Gasteiger partial charge < -0.3 is 14.6 Å². The summed E-state index contributed by atoms with van der Waals surface area (Å²) in [6.45, 7) is 1.88. The molecule has 0 amide bonds. The molecule has 2 saturated heterocycles. The van der Waals surface area contributed by atoms with Gasteiger partial charge in [0.15, 0.2) is 11.5 Å². The van der Waals surface area contributed by atoms with Gasteiger partial charge in [0.25, 0.3) is 0 Å². The molecule has 0 saturated carbocycles. The second-order valence-electron chi connectivity index (χ2n) is 6.65. The van der Waals surface area contributed by atoms with Crippen LogP contribution in [0.2, 0.25) is 0 Å². The molecule has 0 aliphatic carbocycles. The van der Waals surface area contributed by atoms with Crippen molar-refractivity contribution < 1.29 is 4.74 Å². The van der Waals surface area contributed by atoms with Gasteiger partial charge in [0.2, 0.25) is 0 Å². The van der Waals surface area contributed by atoms with Gasteiger partial charge in [-0.05, 0) is 25.7 Å². The van der Waals surface area contributed by atoms with E-state index in [2.05, 4.69) is 36.8 Å². The molecule has 7 nitrogen and oxygen atoms in total. The van der Waals surface area contributed by atoms with Crippen LogP contribution in [0.25, 0.3) is 11.2 Å². The summed E-state index contributed by atoms with van der Waals surface area (Å²) in [5.74, 6) is 0.960. The highest BCUT2D eigenvalue weighted by Gasteiger charge is 2.41. The van der Waals surface area contributed by atoms with Crippen LogP contribution in [-0.4, -0.2) is 70.3 Å². The molecule has 0 spiro atoms. The highest BCUT2D eigenvalue weighted by molar-refractivity contribution is 5.82. The molecule has 2 aliphatic rings. The Morgan fingerprint density at radius 2 is 2.04 bits per heavy atom. The highest BCUT2D eigenvalue weighted by Crippen LogP contribution is 2.38. The molecule has 2 atom stereocenters. The smallest absolute Gasteiger partial charge is 0.182 e. The summed E-state index contributed by atoms with van der Waals surface area (Å²) in [6.07, 6.45) is 8.29. The van der Waals surface area contributed by atoms with Gasteiger partial charge in [-0.15, -0.1) is 0 Å². The summed E-state index contributed by atoms with van der Waals surface area (Å²) in [5, 5.41) is 0. The average molecular weight is 316 g/mol. The van der Waals surface area contributed by atoms with Crippen molar-refractivity contribution in [2.75, 3.05) is 32.2 Å². The van der Waals surface area contributed by atoms with Crippen LogP contribution in [-0.2, 0) is 4.74 Å². The number of fused-ring (bicyclic) bond motifs is 3. The van der Waals surface area contributed by atoms with Crippen molar-refractivity contribution in [3.05, 3.63) is 12.7 Å². The largest absolute Gasteiger partial charge is 0.383 e. The maximum absolute atomic E-state index is 5.27. The molecule has 0 radical (unpaired) electrons. The minimum atomic E-state index is 0.521. The lowest BCUT2D eigenvalue weighted by Gasteiger charge is -2.42. The van der Waals surface area contributed by atoms with Crippen LogP contribution in [0.1, 0.15) is 25.7 Å². The first-order chi connectivity index (χ1) is 11.3. The minimum absolute atomic E-state index is 0.521. The maximum Gasteiger partial charge on any atom is 0.182 e. The van der Waals surface area contributed by atoms with E-state index in [0.29, 0.717) is 18.1 Å². The van der Waals surface area contributed by atoms with Gasteiger partial charge in [0.1, 0.15) is 11.8 Å². The predicted octanol–water partition coefficient (Wildman–Crippen LogP) is 1.43. The third-order valence-electron chi connectivity index (χ3n) is 5.50. The van der Waals surface area contributed by atoms with Crippen LogP contribution >= 0.6 is 0 Å². The molecular formula is C16H24N6O. The lowest BCUT2D eigenvalue weighted by atomic mass is 9.96. The van der Waals surface area contributed by atoms with Crippen molar-refractivity contribution in [1.82, 2.24) is 24.8 Å². The Balaban J connectivity index is 1.53. The Kier molecular flexibility index (Phi) is 3.90. The number of imidazole rings is 1. The number of hydrogen-bond donors (Lipinski definition) is 1. The number of ether oxygens (including phenoxy) is 1. The standard InChI is InChI=1S/C16H24N6O/c1-21(16-14-15(18-9-17-14)19-10-20-16)13-7-11-3-4-12(8-13)22(11)5-6-23-2/h9-13H,3-8H2,1-2H3,(H,17,18,19,20). The molecule has 2 fully saturated rings. The SMILES string of the molecule is COCCN1C2CCC1CC(N(C)c1ncnc3nc[nH]c13)C2. The zero-order chi connectivity index (χ0) is 15.8. The maximum atomic E-state index is 5.27. The lowest BCUT2D eigenvalue weighted by Crippen LogP contribution is -2.50. The van der Waals surface area contributed by atoms with Gasteiger partial charge in [0.05, 0.1) is 12.9 Å². The number of rotatable bonds is 5. The summed E-state index contributed by atoms with van der Waals surface area (Å²) in [6, 6.07) is 1.87. The van der Waals surface area contributed by atoms with E-state index < -0.39 is 0 Å². The molecule has 0 aromatic carbocycles. The van der Waals surface area contributed by atoms with Crippen LogP contribution in [0.3, 0.4) is 0 Å². The molecule has 7 heteroatoms. The molecule has 2 aliphatic heterocycles. The zero-order valence-corrected chi connectivity index (χ0v) is 13.8. The van der Waals surface area contributed by atoms with E-state index in [-0.39, 0.29) is 0 Å².